The second-order valence-electron chi connectivity index (χ2n) is 4.74. The molecule has 0 saturated heterocycles. The number of hydrogen-bond donors (Lipinski definition) is 2. The van der Waals surface area contributed by atoms with Gasteiger partial charge in [-0.3, -0.25) is 9.71 Å². The van der Waals surface area contributed by atoms with Gasteiger partial charge in [-0.15, -0.1) is 0 Å². The zero-order chi connectivity index (χ0) is 15.9. The van der Waals surface area contributed by atoms with Gasteiger partial charge in [0, 0.05) is 11.8 Å². The highest BCUT2D eigenvalue weighted by Crippen LogP contribution is 2.23. The Hall–Kier alpha value is -2.61. The quantitative estimate of drug-likeness (QED) is 0.774. The lowest BCUT2D eigenvalue weighted by Gasteiger charge is -2.10. The molecule has 0 spiro atoms. The first kappa shape index (κ1) is 14.3. The van der Waals surface area contributed by atoms with E-state index in [1.54, 1.807) is 6.92 Å². The Morgan fingerprint density at radius 3 is 2.55 bits per heavy atom. The van der Waals surface area contributed by atoms with Crippen molar-refractivity contribution in [3.63, 3.8) is 0 Å². The predicted octanol–water partition coefficient (Wildman–Crippen LogP) is 2.37. The Morgan fingerprint density at radius 1 is 1.18 bits per heavy atom. The van der Waals surface area contributed by atoms with Crippen LogP contribution in [0.3, 0.4) is 0 Å². The lowest BCUT2D eigenvalue weighted by atomic mass is 10.2. The van der Waals surface area contributed by atoms with Crippen molar-refractivity contribution < 1.29 is 17.2 Å². The lowest BCUT2D eigenvalue weighted by molar-refractivity contribution is 0.554. The Kier molecular flexibility index (Phi) is 3.25. The van der Waals surface area contributed by atoms with Crippen LogP contribution < -0.4 is 10.5 Å². The van der Waals surface area contributed by atoms with E-state index >= 15 is 0 Å². The Balaban J connectivity index is 2.06. The highest BCUT2D eigenvalue weighted by Gasteiger charge is 2.19. The minimum absolute atomic E-state index is 0.0212. The SMILES string of the molecule is Cc1cc2[nH]c(=O)oc2cc1S(=O)(=O)Nc1ccc(F)cc1. The smallest absolute Gasteiger partial charge is 0.408 e. The number of hydrogen-bond acceptors (Lipinski definition) is 4. The van der Waals surface area contributed by atoms with Crippen molar-refractivity contribution in [1.29, 1.82) is 0 Å². The van der Waals surface area contributed by atoms with Crippen molar-refractivity contribution in [2.45, 2.75) is 11.8 Å². The van der Waals surface area contributed by atoms with Crippen molar-refractivity contribution >= 4 is 26.8 Å². The minimum Gasteiger partial charge on any atom is -0.408 e. The maximum absolute atomic E-state index is 12.9. The van der Waals surface area contributed by atoms with Gasteiger partial charge in [-0.2, -0.15) is 0 Å². The standard InChI is InChI=1S/C14H11FN2O4S/c1-8-6-11-12(21-14(18)16-11)7-13(8)22(19,20)17-10-4-2-9(15)3-5-10/h2-7,17H,1H3,(H,16,18). The number of oxazole rings is 1. The number of aromatic amines is 1. The Morgan fingerprint density at radius 2 is 1.86 bits per heavy atom. The first-order valence-corrected chi connectivity index (χ1v) is 7.75. The average molecular weight is 322 g/mol. The minimum atomic E-state index is -3.89. The molecule has 0 radical (unpaired) electrons. The second-order valence-corrected chi connectivity index (χ2v) is 6.39. The molecule has 0 aliphatic rings. The number of anilines is 1. The van der Waals surface area contributed by atoms with Crippen LogP contribution in [0.5, 0.6) is 0 Å². The van der Waals surface area contributed by atoms with Crippen LogP contribution >= 0.6 is 0 Å². The van der Waals surface area contributed by atoms with Crippen LogP contribution in [-0.4, -0.2) is 13.4 Å². The van der Waals surface area contributed by atoms with Crippen LogP contribution in [-0.2, 0) is 10.0 Å². The first-order valence-electron chi connectivity index (χ1n) is 6.27. The van der Waals surface area contributed by atoms with Gasteiger partial charge in [-0.25, -0.2) is 17.6 Å². The van der Waals surface area contributed by atoms with Gasteiger partial charge >= 0.3 is 5.76 Å². The van der Waals surface area contributed by atoms with E-state index < -0.39 is 21.6 Å². The molecule has 0 bridgehead atoms. The number of halogens is 1. The fraction of sp³-hybridized carbons (Fsp3) is 0.0714. The number of rotatable bonds is 3. The number of aryl methyl sites for hydroxylation is 1. The number of H-pyrrole nitrogens is 1. The van der Waals surface area contributed by atoms with Crippen LogP contribution in [0.25, 0.3) is 11.1 Å². The molecular formula is C14H11FN2O4S. The summed E-state index contributed by atoms with van der Waals surface area (Å²) in [5.41, 5.74) is 1.24. The molecular weight excluding hydrogens is 311 g/mol. The number of sulfonamides is 1. The molecule has 2 aromatic carbocycles. The van der Waals surface area contributed by atoms with E-state index in [0.717, 1.165) is 12.1 Å². The maximum Gasteiger partial charge on any atom is 0.417 e. The molecule has 0 atom stereocenters. The van der Waals surface area contributed by atoms with Crippen molar-refractivity contribution in [1.82, 2.24) is 4.98 Å². The molecule has 1 heterocycles. The van der Waals surface area contributed by atoms with Gasteiger partial charge in [0.05, 0.1) is 10.4 Å². The van der Waals surface area contributed by atoms with Gasteiger partial charge in [0.2, 0.25) is 0 Å². The summed E-state index contributed by atoms with van der Waals surface area (Å²) in [4.78, 5) is 13.6. The molecule has 0 fully saturated rings. The van der Waals surface area contributed by atoms with Gasteiger partial charge in [0.15, 0.2) is 5.58 Å². The zero-order valence-electron chi connectivity index (χ0n) is 11.4. The highest BCUT2D eigenvalue weighted by atomic mass is 32.2. The molecule has 3 rings (SSSR count). The van der Waals surface area contributed by atoms with Crippen LogP contribution in [0.15, 0.2) is 50.5 Å². The molecule has 0 saturated carbocycles. The number of fused-ring (bicyclic) bond motifs is 1. The molecule has 22 heavy (non-hydrogen) atoms. The summed E-state index contributed by atoms with van der Waals surface area (Å²) >= 11 is 0. The molecule has 3 aromatic rings. The van der Waals surface area contributed by atoms with Crippen LogP contribution in [0, 0.1) is 12.7 Å². The molecule has 0 aliphatic carbocycles. The van der Waals surface area contributed by atoms with Crippen molar-refractivity contribution in [2.24, 2.45) is 0 Å². The van der Waals surface area contributed by atoms with Crippen molar-refractivity contribution in [2.75, 3.05) is 4.72 Å². The van der Waals surface area contributed by atoms with Gasteiger partial charge < -0.3 is 4.42 Å². The molecule has 0 aliphatic heterocycles. The van der Waals surface area contributed by atoms with Crippen LogP contribution in [0.4, 0.5) is 10.1 Å². The summed E-state index contributed by atoms with van der Waals surface area (Å²) < 4.78 is 44.9. The fourth-order valence-electron chi connectivity index (χ4n) is 2.10. The van der Waals surface area contributed by atoms with E-state index in [9.17, 15) is 17.6 Å². The van der Waals surface area contributed by atoms with Gasteiger partial charge in [-0.05, 0) is 42.8 Å². The molecule has 0 amide bonds. The van der Waals surface area contributed by atoms with Gasteiger partial charge in [-0.1, -0.05) is 0 Å². The average Bonchev–Trinajstić information content (AvgIpc) is 2.79. The number of aromatic nitrogens is 1. The second kappa shape index (κ2) is 4.99. The molecule has 0 unspecified atom stereocenters. The highest BCUT2D eigenvalue weighted by molar-refractivity contribution is 7.92. The third-order valence-electron chi connectivity index (χ3n) is 3.10. The molecule has 8 heteroatoms. The van der Waals surface area contributed by atoms with Gasteiger partial charge in [0.1, 0.15) is 5.82 Å². The molecule has 2 N–H and O–H groups in total. The van der Waals surface area contributed by atoms with Crippen LogP contribution in [0.2, 0.25) is 0 Å². The van der Waals surface area contributed by atoms with E-state index in [4.69, 9.17) is 4.42 Å². The maximum atomic E-state index is 12.9. The third kappa shape index (κ3) is 2.60. The summed E-state index contributed by atoms with van der Waals surface area (Å²) in [6.45, 7) is 1.60. The summed E-state index contributed by atoms with van der Waals surface area (Å²) in [6.07, 6.45) is 0. The zero-order valence-corrected chi connectivity index (χ0v) is 12.2. The van der Waals surface area contributed by atoms with Crippen molar-refractivity contribution in [3.05, 3.63) is 58.3 Å². The van der Waals surface area contributed by atoms with E-state index in [-0.39, 0.29) is 16.2 Å². The summed E-state index contributed by atoms with van der Waals surface area (Å²) in [6, 6.07) is 7.72. The summed E-state index contributed by atoms with van der Waals surface area (Å²) in [5, 5.41) is 0. The Bertz CT molecular complexity index is 1000. The largest absolute Gasteiger partial charge is 0.417 e. The van der Waals surface area contributed by atoms with E-state index in [2.05, 4.69) is 9.71 Å². The molecule has 1 aromatic heterocycles. The number of nitrogens with one attached hydrogen (secondary N) is 2. The summed E-state index contributed by atoms with van der Waals surface area (Å²) in [5.74, 6) is -1.12. The predicted molar refractivity (Wildman–Crippen MR) is 78.8 cm³/mol. The third-order valence-corrected chi connectivity index (χ3v) is 4.63. The Labute approximate surface area is 124 Å². The monoisotopic (exact) mass is 322 g/mol. The van der Waals surface area contributed by atoms with E-state index in [1.807, 2.05) is 0 Å². The molecule has 114 valence electrons. The summed E-state index contributed by atoms with van der Waals surface area (Å²) in [7, 11) is -3.89. The number of benzene rings is 2. The topological polar surface area (TPSA) is 92.2 Å². The van der Waals surface area contributed by atoms with Crippen LogP contribution in [0.1, 0.15) is 5.56 Å². The van der Waals surface area contributed by atoms with E-state index in [1.165, 1.54) is 24.3 Å². The van der Waals surface area contributed by atoms with E-state index in [0.29, 0.717) is 11.1 Å². The fourth-order valence-corrected chi connectivity index (χ4v) is 3.41. The first-order chi connectivity index (χ1) is 10.3. The molecule has 6 nitrogen and oxygen atoms in total. The van der Waals surface area contributed by atoms with Gasteiger partial charge in [0.25, 0.3) is 10.0 Å². The lowest BCUT2D eigenvalue weighted by Crippen LogP contribution is -2.14. The normalized spacial score (nSPS) is 11.7. The van der Waals surface area contributed by atoms with Crippen molar-refractivity contribution in [3.8, 4) is 0 Å².